The second kappa shape index (κ2) is 5.87. The van der Waals surface area contributed by atoms with Gasteiger partial charge in [-0.1, -0.05) is 18.2 Å². The second-order valence-corrected chi connectivity index (χ2v) is 6.89. The third-order valence-corrected chi connectivity index (χ3v) is 5.38. The van der Waals surface area contributed by atoms with Gasteiger partial charge in [-0.15, -0.1) is 0 Å². The molecule has 4 aromatic rings. The predicted molar refractivity (Wildman–Crippen MR) is 108 cm³/mol. The van der Waals surface area contributed by atoms with Crippen LogP contribution >= 0.6 is 0 Å². The number of hydrogen-bond acceptors (Lipinski definition) is 4. The maximum Gasteiger partial charge on any atom is 0.262 e. The monoisotopic (exact) mass is 360 g/mol. The molecule has 0 bridgehead atoms. The van der Waals surface area contributed by atoms with Gasteiger partial charge in [0.05, 0.1) is 34.8 Å². The highest BCUT2D eigenvalue weighted by Crippen LogP contribution is 2.36. The van der Waals surface area contributed by atoms with Crippen molar-refractivity contribution in [1.29, 1.82) is 0 Å². The van der Waals surface area contributed by atoms with Gasteiger partial charge in [-0.25, -0.2) is 0 Å². The molecule has 1 aliphatic heterocycles. The van der Waals surface area contributed by atoms with Gasteiger partial charge in [0, 0.05) is 19.0 Å². The first-order valence-corrected chi connectivity index (χ1v) is 9.15. The highest BCUT2D eigenvalue weighted by Gasteiger charge is 2.16. The number of hydrogen-bond donors (Lipinski definition) is 1. The van der Waals surface area contributed by atoms with Gasteiger partial charge in [0.15, 0.2) is 0 Å². The third-order valence-electron chi connectivity index (χ3n) is 5.38. The molecule has 6 heteroatoms. The van der Waals surface area contributed by atoms with E-state index in [2.05, 4.69) is 58.5 Å². The Hall–Kier alpha value is -3.28. The Morgan fingerprint density at radius 1 is 1.15 bits per heavy atom. The quantitative estimate of drug-likeness (QED) is 0.595. The maximum atomic E-state index is 12.8. The molecule has 0 aliphatic carbocycles. The molecule has 0 spiro atoms. The third kappa shape index (κ3) is 2.33. The van der Waals surface area contributed by atoms with E-state index in [9.17, 15) is 4.79 Å². The molecule has 0 saturated heterocycles. The highest BCUT2D eigenvalue weighted by atomic mass is 16.5. The number of ether oxygens (including phenoxy) is 1. The Labute approximate surface area is 156 Å². The number of nitrogens with zero attached hydrogens (tertiary/aromatic N) is 3. The molecule has 136 valence electrons. The summed E-state index contributed by atoms with van der Waals surface area (Å²) in [4.78, 5) is 15.0. The van der Waals surface area contributed by atoms with E-state index in [0.29, 0.717) is 18.5 Å². The topological polar surface area (TPSA) is 63.1 Å². The number of aromatic amines is 1. The molecular weight excluding hydrogens is 340 g/mol. The normalized spacial score (nSPS) is 13.8. The van der Waals surface area contributed by atoms with Crippen molar-refractivity contribution in [2.75, 3.05) is 25.1 Å². The van der Waals surface area contributed by atoms with E-state index in [0.717, 1.165) is 45.5 Å². The zero-order chi connectivity index (χ0) is 18.5. The van der Waals surface area contributed by atoms with Crippen LogP contribution in [0.1, 0.15) is 6.92 Å². The minimum Gasteiger partial charge on any atom is -0.490 e. The first-order chi connectivity index (χ1) is 13.2. The number of H-pyrrole nitrogens is 1. The molecule has 5 rings (SSSR count). The molecule has 0 radical (unpaired) electrons. The fourth-order valence-electron chi connectivity index (χ4n) is 3.91. The molecule has 0 unspecified atom stereocenters. The molecule has 0 saturated carbocycles. The molecule has 3 heterocycles. The van der Waals surface area contributed by atoms with E-state index in [4.69, 9.17) is 4.74 Å². The van der Waals surface area contributed by atoms with E-state index in [-0.39, 0.29) is 5.56 Å². The van der Waals surface area contributed by atoms with Gasteiger partial charge in [0.1, 0.15) is 12.4 Å². The van der Waals surface area contributed by atoms with Gasteiger partial charge >= 0.3 is 0 Å². The first kappa shape index (κ1) is 15.9. The number of anilines is 1. The van der Waals surface area contributed by atoms with Crippen LogP contribution in [0.15, 0.2) is 47.4 Å². The van der Waals surface area contributed by atoms with Crippen molar-refractivity contribution in [2.24, 2.45) is 0 Å². The minimum atomic E-state index is -0.0127. The Balaban J connectivity index is 1.73. The van der Waals surface area contributed by atoms with Gasteiger partial charge in [-0.3, -0.25) is 9.89 Å². The summed E-state index contributed by atoms with van der Waals surface area (Å²) in [5.74, 6) is 0.901. The molecule has 6 nitrogen and oxygen atoms in total. The van der Waals surface area contributed by atoms with E-state index in [1.54, 1.807) is 10.8 Å². The van der Waals surface area contributed by atoms with E-state index >= 15 is 0 Å². The average molecular weight is 360 g/mol. The van der Waals surface area contributed by atoms with Crippen LogP contribution in [0.25, 0.3) is 32.9 Å². The number of likely N-dealkylation sites (N-methyl/N-ethyl adjacent to an activating group) is 1. The second-order valence-electron chi connectivity index (χ2n) is 6.89. The van der Waals surface area contributed by atoms with Crippen LogP contribution in [-0.2, 0) is 6.54 Å². The Morgan fingerprint density at radius 3 is 2.81 bits per heavy atom. The van der Waals surface area contributed by atoms with Crippen molar-refractivity contribution in [2.45, 2.75) is 13.5 Å². The van der Waals surface area contributed by atoms with Gasteiger partial charge < -0.3 is 14.2 Å². The summed E-state index contributed by atoms with van der Waals surface area (Å²) in [5.41, 5.74) is 4.93. The number of aromatic nitrogens is 3. The molecular formula is C21H20N4O2. The first-order valence-electron chi connectivity index (χ1n) is 9.15. The van der Waals surface area contributed by atoms with Gasteiger partial charge in [0.2, 0.25) is 0 Å². The summed E-state index contributed by atoms with van der Waals surface area (Å²) in [6, 6.07) is 12.5. The zero-order valence-corrected chi connectivity index (χ0v) is 15.3. The van der Waals surface area contributed by atoms with Gasteiger partial charge in [0.25, 0.3) is 5.56 Å². The number of nitrogens with one attached hydrogen (secondary N) is 1. The van der Waals surface area contributed by atoms with Crippen LogP contribution in [0.4, 0.5) is 5.69 Å². The SMILES string of the molecule is CCn1c(=O)c2cn[nH]c2c2ccc(-c3ccc4c(c3)OCCN4C)cc21. The molecule has 0 amide bonds. The van der Waals surface area contributed by atoms with Gasteiger partial charge in [-0.05, 0) is 36.2 Å². The number of pyridine rings is 1. The van der Waals surface area contributed by atoms with Crippen LogP contribution in [0.2, 0.25) is 0 Å². The zero-order valence-electron chi connectivity index (χ0n) is 15.3. The van der Waals surface area contributed by atoms with E-state index < -0.39 is 0 Å². The lowest BCUT2D eigenvalue weighted by atomic mass is 10.0. The lowest BCUT2D eigenvalue weighted by Crippen LogP contribution is -2.28. The van der Waals surface area contributed by atoms with Crippen LogP contribution < -0.4 is 15.2 Å². The molecule has 0 atom stereocenters. The molecule has 27 heavy (non-hydrogen) atoms. The fourth-order valence-corrected chi connectivity index (χ4v) is 3.91. The van der Waals surface area contributed by atoms with Crippen LogP contribution in [-0.4, -0.2) is 35.0 Å². The average Bonchev–Trinajstić information content (AvgIpc) is 3.18. The van der Waals surface area contributed by atoms with E-state index in [1.165, 1.54) is 0 Å². The minimum absolute atomic E-state index is 0.0127. The molecule has 1 aliphatic rings. The van der Waals surface area contributed by atoms with E-state index in [1.807, 2.05) is 6.92 Å². The number of fused-ring (bicyclic) bond motifs is 4. The van der Waals surface area contributed by atoms with Crippen molar-refractivity contribution in [1.82, 2.24) is 14.8 Å². The molecule has 0 fully saturated rings. The van der Waals surface area contributed by atoms with Crippen molar-refractivity contribution < 1.29 is 4.74 Å². The maximum absolute atomic E-state index is 12.8. The summed E-state index contributed by atoms with van der Waals surface area (Å²) >= 11 is 0. The summed E-state index contributed by atoms with van der Waals surface area (Å²) < 4.78 is 7.65. The lowest BCUT2D eigenvalue weighted by Gasteiger charge is -2.28. The standard InChI is InChI=1S/C21H20N4O2/c1-3-25-18-10-13(4-6-15(18)20-16(21(25)26)12-22-23-20)14-5-7-17-19(11-14)27-9-8-24(17)2/h4-7,10-12H,3,8-9H2,1-2H3,(H,22,23). The Bertz CT molecular complexity index is 1240. The number of aryl methyl sites for hydroxylation is 1. The number of rotatable bonds is 2. The molecule has 2 aromatic heterocycles. The van der Waals surface area contributed by atoms with Crippen molar-refractivity contribution in [3.8, 4) is 16.9 Å². The highest BCUT2D eigenvalue weighted by molar-refractivity contribution is 6.04. The van der Waals surface area contributed by atoms with Crippen LogP contribution in [0.5, 0.6) is 5.75 Å². The van der Waals surface area contributed by atoms with Crippen molar-refractivity contribution >= 4 is 27.5 Å². The molecule has 2 aromatic carbocycles. The summed E-state index contributed by atoms with van der Waals surface area (Å²) in [7, 11) is 2.08. The summed E-state index contributed by atoms with van der Waals surface area (Å²) in [6.45, 7) is 4.18. The number of benzene rings is 2. The Kier molecular flexibility index (Phi) is 3.47. The fraction of sp³-hybridized carbons (Fsp3) is 0.238. The largest absolute Gasteiger partial charge is 0.490 e. The lowest BCUT2D eigenvalue weighted by molar-refractivity contribution is 0.311. The predicted octanol–water partition coefficient (Wildman–Crippen LogP) is 3.39. The summed E-state index contributed by atoms with van der Waals surface area (Å²) in [6.07, 6.45) is 1.61. The summed E-state index contributed by atoms with van der Waals surface area (Å²) in [5, 5.41) is 8.66. The molecule has 1 N–H and O–H groups in total. The van der Waals surface area contributed by atoms with Crippen molar-refractivity contribution in [3.05, 3.63) is 52.9 Å². The van der Waals surface area contributed by atoms with Crippen LogP contribution in [0, 0.1) is 0 Å². The van der Waals surface area contributed by atoms with Crippen LogP contribution in [0.3, 0.4) is 0 Å². The van der Waals surface area contributed by atoms with Gasteiger partial charge in [-0.2, -0.15) is 5.10 Å². The Morgan fingerprint density at radius 2 is 1.96 bits per heavy atom. The van der Waals surface area contributed by atoms with Crippen molar-refractivity contribution in [3.63, 3.8) is 0 Å². The smallest absolute Gasteiger partial charge is 0.262 e.